The zero-order valence-corrected chi connectivity index (χ0v) is 8.67. The standard InChI is InChI=1S/C11H20N2O/c12-7-9-5-6-10(13-11(9)14)8-3-1-2-4-8/h8-10H,1-7,12H2,(H,13,14). The normalized spacial score (nSPS) is 34.5. The quantitative estimate of drug-likeness (QED) is 0.693. The second-order valence-corrected chi connectivity index (χ2v) is 4.67. The molecule has 3 nitrogen and oxygen atoms in total. The minimum Gasteiger partial charge on any atom is -0.353 e. The highest BCUT2D eigenvalue weighted by atomic mass is 16.2. The summed E-state index contributed by atoms with van der Waals surface area (Å²) >= 11 is 0. The van der Waals surface area contributed by atoms with E-state index in [-0.39, 0.29) is 11.8 Å². The smallest absolute Gasteiger partial charge is 0.224 e. The third kappa shape index (κ3) is 1.92. The van der Waals surface area contributed by atoms with Gasteiger partial charge in [-0.1, -0.05) is 12.8 Å². The van der Waals surface area contributed by atoms with E-state index < -0.39 is 0 Å². The monoisotopic (exact) mass is 196 g/mol. The average molecular weight is 196 g/mol. The maximum absolute atomic E-state index is 11.6. The third-order valence-corrected chi connectivity index (χ3v) is 3.78. The number of rotatable bonds is 2. The fraction of sp³-hybridized carbons (Fsp3) is 0.909. The second kappa shape index (κ2) is 4.30. The highest BCUT2D eigenvalue weighted by molar-refractivity contribution is 5.80. The zero-order valence-electron chi connectivity index (χ0n) is 8.67. The van der Waals surface area contributed by atoms with E-state index in [2.05, 4.69) is 5.32 Å². The van der Waals surface area contributed by atoms with Crippen LogP contribution in [0.5, 0.6) is 0 Å². The van der Waals surface area contributed by atoms with Crippen LogP contribution in [0.3, 0.4) is 0 Å². The van der Waals surface area contributed by atoms with Crippen molar-refractivity contribution in [2.45, 2.75) is 44.6 Å². The maximum atomic E-state index is 11.6. The van der Waals surface area contributed by atoms with Crippen molar-refractivity contribution < 1.29 is 4.79 Å². The van der Waals surface area contributed by atoms with Crippen molar-refractivity contribution in [3.8, 4) is 0 Å². The lowest BCUT2D eigenvalue weighted by Gasteiger charge is -2.32. The molecule has 2 atom stereocenters. The Balaban J connectivity index is 1.88. The summed E-state index contributed by atoms with van der Waals surface area (Å²) in [6.45, 7) is 0.503. The van der Waals surface area contributed by atoms with Gasteiger partial charge in [0.15, 0.2) is 0 Å². The fourth-order valence-corrected chi connectivity index (χ4v) is 2.82. The van der Waals surface area contributed by atoms with Crippen molar-refractivity contribution in [1.29, 1.82) is 0 Å². The Morgan fingerprint density at radius 1 is 1.21 bits per heavy atom. The van der Waals surface area contributed by atoms with Crippen LogP contribution in [0, 0.1) is 11.8 Å². The van der Waals surface area contributed by atoms with E-state index >= 15 is 0 Å². The number of carbonyl (C=O) groups excluding carboxylic acids is 1. The Bertz CT molecular complexity index is 211. The molecule has 0 spiro atoms. The Kier molecular flexibility index (Phi) is 3.06. The molecule has 2 rings (SSSR count). The van der Waals surface area contributed by atoms with Gasteiger partial charge in [0.05, 0.1) is 5.92 Å². The summed E-state index contributed by atoms with van der Waals surface area (Å²) in [7, 11) is 0. The summed E-state index contributed by atoms with van der Waals surface area (Å²) in [5.41, 5.74) is 5.53. The van der Waals surface area contributed by atoms with Crippen LogP contribution in [-0.2, 0) is 4.79 Å². The van der Waals surface area contributed by atoms with Crippen LogP contribution in [0.4, 0.5) is 0 Å². The molecule has 2 fully saturated rings. The molecule has 3 N–H and O–H groups in total. The predicted octanol–water partition coefficient (Wildman–Crippen LogP) is 1.03. The largest absolute Gasteiger partial charge is 0.353 e. The summed E-state index contributed by atoms with van der Waals surface area (Å²) in [5.74, 6) is 1.01. The van der Waals surface area contributed by atoms with Gasteiger partial charge in [0, 0.05) is 12.6 Å². The molecule has 1 aliphatic heterocycles. The van der Waals surface area contributed by atoms with Crippen molar-refractivity contribution in [3.05, 3.63) is 0 Å². The number of amides is 1. The van der Waals surface area contributed by atoms with Crippen LogP contribution in [-0.4, -0.2) is 18.5 Å². The molecule has 80 valence electrons. The van der Waals surface area contributed by atoms with E-state index in [1.165, 1.54) is 25.7 Å². The SMILES string of the molecule is NCC1CCC(C2CCCC2)NC1=O. The van der Waals surface area contributed by atoms with E-state index in [1.807, 2.05) is 0 Å². The number of hydrogen-bond acceptors (Lipinski definition) is 2. The van der Waals surface area contributed by atoms with Crippen molar-refractivity contribution in [3.63, 3.8) is 0 Å². The van der Waals surface area contributed by atoms with Gasteiger partial charge in [0.25, 0.3) is 0 Å². The molecule has 0 aromatic heterocycles. The summed E-state index contributed by atoms with van der Waals surface area (Å²) in [5, 5.41) is 3.14. The van der Waals surface area contributed by atoms with Crippen molar-refractivity contribution >= 4 is 5.91 Å². The summed E-state index contributed by atoms with van der Waals surface area (Å²) < 4.78 is 0. The van der Waals surface area contributed by atoms with E-state index in [0.29, 0.717) is 12.6 Å². The van der Waals surface area contributed by atoms with Crippen molar-refractivity contribution in [1.82, 2.24) is 5.32 Å². The lowest BCUT2D eigenvalue weighted by Crippen LogP contribution is -2.48. The Labute approximate surface area is 85.4 Å². The molecular formula is C11H20N2O. The minimum absolute atomic E-state index is 0.0765. The van der Waals surface area contributed by atoms with Crippen molar-refractivity contribution in [2.75, 3.05) is 6.54 Å². The van der Waals surface area contributed by atoms with Crippen LogP contribution < -0.4 is 11.1 Å². The first-order valence-corrected chi connectivity index (χ1v) is 5.81. The Hall–Kier alpha value is -0.570. The summed E-state index contributed by atoms with van der Waals surface area (Å²) in [4.78, 5) is 11.6. The van der Waals surface area contributed by atoms with Crippen LogP contribution in [0.25, 0.3) is 0 Å². The molecule has 2 unspecified atom stereocenters. The van der Waals surface area contributed by atoms with Gasteiger partial charge >= 0.3 is 0 Å². The third-order valence-electron chi connectivity index (χ3n) is 3.78. The molecule has 0 bridgehead atoms. The maximum Gasteiger partial charge on any atom is 0.224 e. The number of hydrogen-bond donors (Lipinski definition) is 2. The fourth-order valence-electron chi connectivity index (χ4n) is 2.82. The van der Waals surface area contributed by atoms with E-state index in [0.717, 1.165) is 18.8 Å². The van der Waals surface area contributed by atoms with E-state index in [4.69, 9.17) is 5.73 Å². The Morgan fingerprint density at radius 2 is 1.93 bits per heavy atom. The van der Waals surface area contributed by atoms with Gasteiger partial charge < -0.3 is 11.1 Å². The molecule has 1 saturated carbocycles. The average Bonchev–Trinajstić information content (AvgIpc) is 2.70. The lowest BCUT2D eigenvalue weighted by atomic mass is 9.86. The molecule has 14 heavy (non-hydrogen) atoms. The molecule has 3 heteroatoms. The highest BCUT2D eigenvalue weighted by Gasteiger charge is 2.32. The van der Waals surface area contributed by atoms with E-state index in [1.54, 1.807) is 0 Å². The topological polar surface area (TPSA) is 55.1 Å². The minimum atomic E-state index is 0.0765. The van der Waals surface area contributed by atoms with Crippen LogP contribution >= 0.6 is 0 Å². The molecule has 0 aromatic carbocycles. The van der Waals surface area contributed by atoms with Gasteiger partial charge in [0.2, 0.25) is 5.91 Å². The number of nitrogens with two attached hydrogens (primary N) is 1. The first kappa shape index (κ1) is 9.97. The zero-order chi connectivity index (χ0) is 9.97. The van der Waals surface area contributed by atoms with Gasteiger partial charge in [-0.05, 0) is 31.6 Å². The van der Waals surface area contributed by atoms with Crippen LogP contribution in [0.2, 0.25) is 0 Å². The van der Waals surface area contributed by atoms with Gasteiger partial charge in [-0.15, -0.1) is 0 Å². The molecule has 1 amide bonds. The molecule has 1 heterocycles. The van der Waals surface area contributed by atoms with Gasteiger partial charge in [0.1, 0.15) is 0 Å². The number of carbonyl (C=O) groups is 1. The van der Waals surface area contributed by atoms with Gasteiger partial charge in [-0.25, -0.2) is 0 Å². The molecule has 1 saturated heterocycles. The molecule has 1 aliphatic carbocycles. The second-order valence-electron chi connectivity index (χ2n) is 4.67. The van der Waals surface area contributed by atoms with Crippen LogP contribution in [0.1, 0.15) is 38.5 Å². The molecule has 0 aromatic rings. The molecular weight excluding hydrogens is 176 g/mol. The predicted molar refractivity (Wildman–Crippen MR) is 55.7 cm³/mol. The van der Waals surface area contributed by atoms with Gasteiger partial charge in [-0.2, -0.15) is 0 Å². The lowest BCUT2D eigenvalue weighted by molar-refractivity contribution is -0.128. The molecule has 2 aliphatic rings. The molecule has 0 radical (unpaired) electrons. The Morgan fingerprint density at radius 3 is 2.50 bits per heavy atom. The van der Waals surface area contributed by atoms with Gasteiger partial charge in [-0.3, -0.25) is 4.79 Å². The van der Waals surface area contributed by atoms with E-state index in [9.17, 15) is 4.79 Å². The summed E-state index contributed by atoms with van der Waals surface area (Å²) in [6, 6.07) is 0.452. The van der Waals surface area contributed by atoms with Crippen molar-refractivity contribution in [2.24, 2.45) is 17.6 Å². The summed E-state index contributed by atoms with van der Waals surface area (Å²) in [6.07, 6.45) is 7.42. The number of piperidine rings is 1. The highest BCUT2D eigenvalue weighted by Crippen LogP contribution is 2.31. The first-order chi connectivity index (χ1) is 6.81. The van der Waals surface area contributed by atoms with Crippen LogP contribution in [0.15, 0.2) is 0 Å². The first-order valence-electron chi connectivity index (χ1n) is 5.81. The number of nitrogens with one attached hydrogen (secondary N) is 1.